The van der Waals surface area contributed by atoms with Gasteiger partial charge in [-0.2, -0.15) is 5.10 Å². The molecule has 0 saturated carbocycles. The number of H-pyrrole nitrogens is 1. The molecular formula is C29H51N5O. The molecule has 35 heavy (non-hydrogen) atoms. The predicted molar refractivity (Wildman–Crippen MR) is 146 cm³/mol. The Morgan fingerprint density at radius 1 is 1.14 bits per heavy atom. The van der Waals surface area contributed by atoms with Gasteiger partial charge < -0.3 is 15.0 Å². The molecule has 6 nitrogen and oxygen atoms in total. The first-order valence-electron chi connectivity index (χ1n) is 14.1. The van der Waals surface area contributed by atoms with Crippen LogP contribution in [0.25, 0.3) is 0 Å². The third-order valence-electron chi connectivity index (χ3n) is 8.37. The molecule has 4 aliphatic rings. The van der Waals surface area contributed by atoms with Crippen molar-refractivity contribution in [1.82, 2.24) is 25.3 Å². The van der Waals surface area contributed by atoms with Crippen LogP contribution in [0.4, 0.5) is 0 Å². The molecule has 0 radical (unpaired) electrons. The van der Waals surface area contributed by atoms with Gasteiger partial charge >= 0.3 is 0 Å². The predicted octanol–water partition coefficient (Wildman–Crippen LogP) is 4.71. The average molecular weight is 486 g/mol. The summed E-state index contributed by atoms with van der Waals surface area (Å²) in [6.07, 6.45) is 15.6. The fraction of sp³-hybridized carbons (Fsp3) is 0.793. The van der Waals surface area contributed by atoms with Gasteiger partial charge in [0.05, 0.1) is 17.8 Å². The van der Waals surface area contributed by atoms with Crippen LogP contribution in [0, 0.1) is 11.3 Å². The maximum absolute atomic E-state index is 10.0. The fourth-order valence-electron chi connectivity index (χ4n) is 6.33. The van der Waals surface area contributed by atoms with Gasteiger partial charge in [0.25, 0.3) is 0 Å². The van der Waals surface area contributed by atoms with Crippen molar-refractivity contribution in [2.24, 2.45) is 11.3 Å². The number of rotatable bonds is 4. The van der Waals surface area contributed by atoms with Gasteiger partial charge in [-0.25, -0.2) is 0 Å². The number of nitrogens with zero attached hydrogens (tertiary/aromatic N) is 3. The quantitative estimate of drug-likeness (QED) is 0.478. The number of nitrogens with one attached hydrogen (secondary N) is 2. The summed E-state index contributed by atoms with van der Waals surface area (Å²) in [4.78, 5) is 14.6. The largest absolute Gasteiger partial charge is 0.303 e. The van der Waals surface area contributed by atoms with Crippen molar-refractivity contribution < 1.29 is 4.79 Å². The molecule has 1 aromatic rings. The Labute approximate surface area is 214 Å². The van der Waals surface area contributed by atoms with E-state index >= 15 is 0 Å². The Morgan fingerprint density at radius 2 is 1.86 bits per heavy atom. The van der Waals surface area contributed by atoms with E-state index < -0.39 is 0 Å². The molecule has 3 heterocycles. The van der Waals surface area contributed by atoms with Crippen LogP contribution in [0.15, 0.2) is 12.2 Å². The number of aromatic amines is 1. The molecule has 1 aromatic heterocycles. The molecule has 0 aromatic carbocycles. The second-order valence-electron chi connectivity index (χ2n) is 12.0. The maximum Gasteiger partial charge on any atom is 0.133 e. The van der Waals surface area contributed by atoms with Crippen molar-refractivity contribution in [1.29, 1.82) is 0 Å². The van der Waals surface area contributed by atoms with Gasteiger partial charge in [0.1, 0.15) is 6.29 Å². The van der Waals surface area contributed by atoms with Crippen LogP contribution in [-0.4, -0.2) is 72.1 Å². The van der Waals surface area contributed by atoms with E-state index in [4.69, 9.17) is 5.10 Å². The van der Waals surface area contributed by atoms with Gasteiger partial charge in [-0.15, -0.1) is 0 Å². The lowest BCUT2D eigenvalue weighted by molar-refractivity contribution is -0.109. The highest BCUT2D eigenvalue weighted by Crippen LogP contribution is 2.44. The molecule has 4 atom stereocenters. The first-order chi connectivity index (χ1) is 16.7. The zero-order valence-electron chi connectivity index (χ0n) is 23.5. The van der Waals surface area contributed by atoms with Crippen molar-refractivity contribution in [3.63, 3.8) is 0 Å². The number of fused-ring (bicyclic) bond motifs is 2. The summed E-state index contributed by atoms with van der Waals surface area (Å²) >= 11 is 0. The second-order valence-corrected chi connectivity index (χ2v) is 12.0. The Bertz CT molecular complexity index is 838. The van der Waals surface area contributed by atoms with Crippen molar-refractivity contribution in [2.75, 3.05) is 33.7 Å². The summed E-state index contributed by atoms with van der Waals surface area (Å²) in [6.45, 7) is 14.0. The number of aromatic nitrogens is 2. The normalized spacial score (nSPS) is 31.5. The Hall–Kier alpha value is -1.50. The SMILES string of the molecule is CC.CN(C)C1C=CC2C[C@](C)(c3n[nH]c4c3CCC(C)(C)C4)NC2C1.O=CCN1CCCCC1. The highest BCUT2D eigenvalue weighted by atomic mass is 16.1. The minimum absolute atomic E-state index is 0.00639. The van der Waals surface area contributed by atoms with E-state index in [1.165, 1.54) is 49.1 Å². The third kappa shape index (κ3) is 6.84. The highest BCUT2D eigenvalue weighted by Gasteiger charge is 2.46. The molecule has 198 valence electrons. The number of carbonyl (C=O) groups excluding carboxylic acids is 1. The van der Waals surface area contributed by atoms with E-state index in [2.05, 4.69) is 67.2 Å². The minimum atomic E-state index is 0.00639. The van der Waals surface area contributed by atoms with Crippen LogP contribution in [0.5, 0.6) is 0 Å². The maximum atomic E-state index is 10.0. The standard InChI is InChI=1S/C20H32N4.C7H13NO.C2H6/c1-19(2)9-8-15-17(12-19)22-23-18(15)20(3)11-13-6-7-14(24(4)5)10-16(13)21-20;9-7-6-8-4-2-1-3-5-8;1-2/h6-7,13-14,16,21H,8-12H2,1-5H3,(H,22,23);7H,1-6H2;1-2H3/t13?,14?,16?,20-;;/m1../s1. The summed E-state index contributed by atoms with van der Waals surface area (Å²) in [6, 6.07) is 1.12. The van der Waals surface area contributed by atoms with Crippen molar-refractivity contribution in [3.05, 3.63) is 29.1 Å². The molecule has 2 aliphatic heterocycles. The second kappa shape index (κ2) is 12.2. The lowest BCUT2D eigenvalue weighted by Crippen LogP contribution is -2.43. The van der Waals surface area contributed by atoms with E-state index in [1.54, 1.807) is 0 Å². The first-order valence-corrected chi connectivity index (χ1v) is 14.1. The van der Waals surface area contributed by atoms with Gasteiger partial charge in [-0.1, -0.05) is 46.3 Å². The van der Waals surface area contributed by atoms with Gasteiger partial charge in [0.15, 0.2) is 0 Å². The van der Waals surface area contributed by atoms with Gasteiger partial charge in [-0.3, -0.25) is 10.00 Å². The molecule has 2 N–H and O–H groups in total. The Kier molecular flexibility index (Phi) is 9.75. The van der Waals surface area contributed by atoms with Crippen molar-refractivity contribution in [3.8, 4) is 0 Å². The Balaban J connectivity index is 0.000000262. The molecule has 2 aliphatic carbocycles. The van der Waals surface area contributed by atoms with E-state index in [-0.39, 0.29) is 5.54 Å². The van der Waals surface area contributed by atoms with E-state index in [1.807, 2.05) is 13.8 Å². The summed E-state index contributed by atoms with van der Waals surface area (Å²) in [5, 5.41) is 12.2. The van der Waals surface area contributed by atoms with Crippen LogP contribution in [-0.2, 0) is 23.2 Å². The van der Waals surface area contributed by atoms with Gasteiger partial charge in [0, 0.05) is 17.8 Å². The van der Waals surface area contributed by atoms with Crippen molar-refractivity contribution in [2.45, 2.75) is 104 Å². The van der Waals surface area contributed by atoms with Crippen LogP contribution in [0.3, 0.4) is 0 Å². The first kappa shape index (κ1) is 28.1. The lowest BCUT2D eigenvalue weighted by Gasteiger charge is -2.32. The van der Waals surface area contributed by atoms with Crippen molar-refractivity contribution >= 4 is 6.29 Å². The number of likely N-dealkylation sites (tertiary alicyclic amines) is 1. The summed E-state index contributed by atoms with van der Waals surface area (Å²) < 4.78 is 0. The zero-order chi connectivity index (χ0) is 25.6. The molecule has 0 amide bonds. The molecule has 2 saturated heterocycles. The van der Waals surface area contributed by atoms with E-state index in [0.29, 0.717) is 30.0 Å². The third-order valence-corrected chi connectivity index (χ3v) is 8.37. The number of hydrogen-bond donors (Lipinski definition) is 2. The zero-order valence-corrected chi connectivity index (χ0v) is 23.5. The fourth-order valence-corrected chi connectivity index (χ4v) is 6.33. The molecule has 3 unspecified atom stereocenters. The molecule has 2 fully saturated rings. The van der Waals surface area contributed by atoms with E-state index in [0.717, 1.165) is 38.6 Å². The van der Waals surface area contributed by atoms with Gasteiger partial charge in [-0.05, 0) is 96.0 Å². The Morgan fingerprint density at radius 3 is 2.51 bits per heavy atom. The molecule has 6 heteroatoms. The molecule has 5 rings (SSSR count). The number of piperidine rings is 1. The van der Waals surface area contributed by atoms with E-state index in [9.17, 15) is 4.79 Å². The molecular weight excluding hydrogens is 434 g/mol. The highest BCUT2D eigenvalue weighted by molar-refractivity contribution is 5.51. The van der Waals surface area contributed by atoms with Crippen LogP contribution in [0.1, 0.15) is 90.1 Å². The number of likely N-dealkylation sites (N-methyl/N-ethyl adjacent to an activating group) is 1. The van der Waals surface area contributed by atoms with Crippen LogP contribution >= 0.6 is 0 Å². The topological polar surface area (TPSA) is 64.3 Å². The summed E-state index contributed by atoms with van der Waals surface area (Å²) in [7, 11) is 4.35. The number of hydrogen-bond acceptors (Lipinski definition) is 5. The summed E-state index contributed by atoms with van der Waals surface area (Å²) in [5.41, 5.74) is 4.57. The minimum Gasteiger partial charge on any atom is -0.303 e. The average Bonchev–Trinajstić information content (AvgIpc) is 3.41. The van der Waals surface area contributed by atoms with Gasteiger partial charge in [0.2, 0.25) is 0 Å². The van der Waals surface area contributed by atoms with Crippen LogP contribution in [0.2, 0.25) is 0 Å². The monoisotopic (exact) mass is 485 g/mol. The lowest BCUT2D eigenvalue weighted by atomic mass is 9.74. The molecule has 0 spiro atoms. The number of aldehydes is 1. The molecule has 0 bridgehead atoms. The number of carbonyl (C=O) groups is 1. The van der Waals surface area contributed by atoms with Crippen LogP contribution < -0.4 is 5.32 Å². The smallest absolute Gasteiger partial charge is 0.133 e. The summed E-state index contributed by atoms with van der Waals surface area (Å²) in [5.74, 6) is 0.638.